The molecule has 17 heavy (non-hydrogen) atoms. The van der Waals surface area contributed by atoms with Crippen molar-refractivity contribution in [3.05, 3.63) is 42.0 Å². The second-order valence-corrected chi connectivity index (χ2v) is 4.34. The van der Waals surface area contributed by atoms with Gasteiger partial charge in [-0.2, -0.15) is 0 Å². The smallest absolute Gasteiger partial charge is 0.194 e. The van der Waals surface area contributed by atoms with Gasteiger partial charge in [-0.1, -0.05) is 50.1 Å². The van der Waals surface area contributed by atoms with Crippen LogP contribution >= 0.6 is 0 Å². The van der Waals surface area contributed by atoms with E-state index in [1.54, 1.807) is 0 Å². The van der Waals surface area contributed by atoms with Gasteiger partial charge in [-0.3, -0.25) is 0 Å². The van der Waals surface area contributed by atoms with E-state index in [0.717, 1.165) is 35.7 Å². The molecule has 0 aliphatic rings. The van der Waals surface area contributed by atoms with Crippen molar-refractivity contribution in [3.8, 4) is 11.3 Å². The summed E-state index contributed by atoms with van der Waals surface area (Å²) in [6.45, 7) is 4.19. The third-order valence-electron chi connectivity index (χ3n) is 2.88. The van der Waals surface area contributed by atoms with Gasteiger partial charge < -0.3 is 4.42 Å². The van der Waals surface area contributed by atoms with Gasteiger partial charge in [0, 0.05) is 12.0 Å². The lowest BCUT2D eigenvalue weighted by atomic mass is 10.1. The molecular formula is C15H19NO. The highest BCUT2D eigenvalue weighted by atomic mass is 16.4. The number of oxazole rings is 1. The number of aryl methyl sites for hydroxylation is 2. The minimum atomic E-state index is 0.870. The minimum Gasteiger partial charge on any atom is -0.445 e. The summed E-state index contributed by atoms with van der Waals surface area (Å²) in [6, 6.07) is 10.2. The van der Waals surface area contributed by atoms with Crippen molar-refractivity contribution in [1.82, 2.24) is 4.98 Å². The van der Waals surface area contributed by atoms with Gasteiger partial charge in [-0.15, -0.1) is 0 Å². The molecule has 0 spiro atoms. The second-order valence-electron chi connectivity index (χ2n) is 4.34. The van der Waals surface area contributed by atoms with E-state index in [1.807, 2.05) is 25.1 Å². The summed E-state index contributed by atoms with van der Waals surface area (Å²) >= 11 is 0. The fourth-order valence-corrected chi connectivity index (χ4v) is 1.95. The maximum absolute atomic E-state index is 5.70. The fraction of sp³-hybridized carbons (Fsp3) is 0.400. The van der Waals surface area contributed by atoms with Gasteiger partial charge in [0.1, 0.15) is 11.5 Å². The van der Waals surface area contributed by atoms with Gasteiger partial charge in [0.2, 0.25) is 0 Å². The van der Waals surface area contributed by atoms with Crippen LogP contribution < -0.4 is 0 Å². The quantitative estimate of drug-likeness (QED) is 0.711. The van der Waals surface area contributed by atoms with Crippen LogP contribution in [0.15, 0.2) is 34.7 Å². The molecule has 2 nitrogen and oxygen atoms in total. The van der Waals surface area contributed by atoms with Crippen molar-refractivity contribution in [1.29, 1.82) is 0 Å². The summed E-state index contributed by atoms with van der Waals surface area (Å²) in [5.74, 6) is 1.79. The Morgan fingerprint density at radius 2 is 1.88 bits per heavy atom. The first-order chi connectivity index (χ1) is 8.31. The molecule has 0 unspecified atom stereocenters. The van der Waals surface area contributed by atoms with Crippen molar-refractivity contribution in [2.24, 2.45) is 0 Å². The van der Waals surface area contributed by atoms with Gasteiger partial charge in [0.05, 0.1) is 0 Å². The molecular weight excluding hydrogens is 210 g/mol. The predicted octanol–water partition coefficient (Wildman–Crippen LogP) is 4.38. The second kappa shape index (κ2) is 5.67. The molecule has 1 heterocycles. The molecule has 2 rings (SSSR count). The molecule has 2 aromatic rings. The highest BCUT2D eigenvalue weighted by molar-refractivity contribution is 5.60. The molecule has 0 aliphatic heterocycles. The van der Waals surface area contributed by atoms with E-state index in [1.165, 1.54) is 12.8 Å². The summed E-state index contributed by atoms with van der Waals surface area (Å²) in [5, 5.41) is 0. The number of aromatic nitrogens is 1. The molecule has 0 fully saturated rings. The average molecular weight is 229 g/mol. The Labute approximate surface area is 103 Å². The van der Waals surface area contributed by atoms with Crippen LogP contribution in [0.1, 0.15) is 37.8 Å². The lowest BCUT2D eigenvalue weighted by Crippen LogP contribution is -1.85. The van der Waals surface area contributed by atoms with Gasteiger partial charge in [0.25, 0.3) is 0 Å². The zero-order valence-corrected chi connectivity index (χ0v) is 10.6. The number of hydrogen-bond acceptors (Lipinski definition) is 2. The van der Waals surface area contributed by atoms with Crippen LogP contribution in [0.25, 0.3) is 11.3 Å². The molecule has 1 aromatic carbocycles. The van der Waals surface area contributed by atoms with Crippen LogP contribution in [-0.4, -0.2) is 4.98 Å². The van der Waals surface area contributed by atoms with Crippen molar-refractivity contribution >= 4 is 0 Å². The summed E-state index contributed by atoms with van der Waals surface area (Å²) < 4.78 is 5.70. The van der Waals surface area contributed by atoms with Gasteiger partial charge in [-0.05, 0) is 13.3 Å². The Balaban J connectivity index is 2.14. The Bertz CT molecular complexity index is 459. The topological polar surface area (TPSA) is 26.0 Å². The van der Waals surface area contributed by atoms with E-state index in [-0.39, 0.29) is 0 Å². The Hall–Kier alpha value is -1.57. The molecule has 0 atom stereocenters. The van der Waals surface area contributed by atoms with E-state index >= 15 is 0 Å². The van der Waals surface area contributed by atoms with Crippen LogP contribution in [0.2, 0.25) is 0 Å². The summed E-state index contributed by atoms with van der Waals surface area (Å²) in [4.78, 5) is 4.59. The summed E-state index contributed by atoms with van der Waals surface area (Å²) in [6.07, 6.45) is 4.57. The third-order valence-corrected chi connectivity index (χ3v) is 2.88. The van der Waals surface area contributed by atoms with E-state index in [9.17, 15) is 0 Å². The first-order valence-corrected chi connectivity index (χ1v) is 6.33. The first kappa shape index (κ1) is 11.9. The molecule has 90 valence electrons. The number of hydrogen-bond donors (Lipinski definition) is 0. The van der Waals surface area contributed by atoms with Crippen LogP contribution in [0, 0.1) is 6.92 Å². The number of unbranched alkanes of at least 4 members (excludes halogenated alkanes) is 2. The van der Waals surface area contributed by atoms with Gasteiger partial charge >= 0.3 is 0 Å². The van der Waals surface area contributed by atoms with Crippen LogP contribution in [0.5, 0.6) is 0 Å². The third kappa shape index (κ3) is 2.96. The summed E-state index contributed by atoms with van der Waals surface area (Å²) in [7, 11) is 0. The van der Waals surface area contributed by atoms with Gasteiger partial charge in [-0.25, -0.2) is 4.98 Å². The minimum absolute atomic E-state index is 0.870. The van der Waals surface area contributed by atoms with E-state index in [0.29, 0.717) is 0 Å². The Morgan fingerprint density at radius 1 is 1.12 bits per heavy atom. The molecule has 0 saturated carbocycles. The maximum atomic E-state index is 5.70. The molecule has 1 aromatic heterocycles. The molecule has 0 aliphatic carbocycles. The van der Waals surface area contributed by atoms with Crippen molar-refractivity contribution in [2.75, 3.05) is 0 Å². The lowest BCUT2D eigenvalue weighted by Gasteiger charge is -1.95. The van der Waals surface area contributed by atoms with Crippen molar-refractivity contribution < 1.29 is 4.42 Å². The Morgan fingerprint density at radius 3 is 2.59 bits per heavy atom. The summed E-state index contributed by atoms with van der Waals surface area (Å²) in [5.41, 5.74) is 2.12. The molecule has 0 N–H and O–H groups in total. The first-order valence-electron chi connectivity index (χ1n) is 6.33. The average Bonchev–Trinajstić information content (AvgIpc) is 2.72. The highest BCUT2D eigenvalue weighted by Gasteiger charge is 2.10. The van der Waals surface area contributed by atoms with Crippen molar-refractivity contribution in [3.63, 3.8) is 0 Å². The highest BCUT2D eigenvalue weighted by Crippen LogP contribution is 2.23. The molecule has 2 heteroatoms. The van der Waals surface area contributed by atoms with E-state index < -0.39 is 0 Å². The lowest BCUT2D eigenvalue weighted by molar-refractivity contribution is 0.461. The monoisotopic (exact) mass is 229 g/mol. The fourth-order valence-electron chi connectivity index (χ4n) is 1.95. The van der Waals surface area contributed by atoms with Crippen molar-refractivity contribution in [2.45, 2.75) is 39.5 Å². The normalized spacial score (nSPS) is 10.7. The zero-order chi connectivity index (χ0) is 12.1. The molecule has 0 radical (unpaired) electrons. The van der Waals surface area contributed by atoms with Crippen LogP contribution in [0.4, 0.5) is 0 Å². The maximum Gasteiger partial charge on any atom is 0.194 e. The van der Waals surface area contributed by atoms with Crippen LogP contribution in [0.3, 0.4) is 0 Å². The zero-order valence-electron chi connectivity index (χ0n) is 10.6. The van der Waals surface area contributed by atoms with Crippen LogP contribution in [-0.2, 0) is 6.42 Å². The predicted molar refractivity (Wildman–Crippen MR) is 69.9 cm³/mol. The Kier molecular flexibility index (Phi) is 3.97. The molecule has 0 saturated heterocycles. The molecule has 0 amide bonds. The molecule has 0 bridgehead atoms. The van der Waals surface area contributed by atoms with Gasteiger partial charge in [0.15, 0.2) is 5.89 Å². The van der Waals surface area contributed by atoms with E-state index in [4.69, 9.17) is 4.42 Å². The number of nitrogens with zero attached hydrogens (tertiary/aromatic N) is 1. The largest absolute Gasteiger partial charge is 0.445 e. The standard InChI is InChI=1S/C15H19NO/c1-3-4-6-11-14-16-15(12(2)17-14)13-9-7-5-8-10-13/h5,7-10H,3-4,6,11H2,1-2H3. The number of benzene rings is 1. The number of rotatable bonds is 5. The van der Waals surface area contributed by atoms with E-state index in [2.05, 4.69) is 24.0 Å². The SMILES string of the molecule is CCCCCc1nc(-c2ccccc2)c(C)o1.